The average molecular weight is 143 g/mol. The van der Waals surface area contributed by atoms with E-state index >= 15 is 0 Å². The largest absolute Gasteiger partial charge is 0.395 e. The van der Waals surface area contributed by atoms with E-state index in [9.17, 15) is 0 Å². The highest BCUT2D eigenvalue weighted by Crippen LogP contribution is 2.36. The number of aliphatic hydroxyl groups excluding tert-OH is 1. The second-order valence-electron chi connectivity index (χ2n) is 3.46. The Balaban J connectivity index is 1.95. The molecule has 1 aliphatic carbocycles. The third-order valence-corrected chi connectivity index (χ3v) is 2.28. The lowest BCUT2D eigenvalue weighted by Crippen LogP contribution is -2.31. The Bertz CT molecular complexity index is 101. The van der Waals surface area contributed by atoms with Crippen LogP contribution in [0.3, 0.4) is 0 Å². The molecule has 0 aromatic carbocycles. The molecule has 0 aliphatic heterocycles. The normalized spacial score (nSPS) is 33.9. The zero-order valence-corrected chi connectivity index (χ0v) is 6.80. The Morgan fingerprint density at radius 3 is 2.70 bits per heavy atom. The van der Waals surface area contributed by atoms with Crippen molar-refractivity contribution in [3.8, 4) is 0 Å². The Labute approximate surface area is 62.6 Å². The van der Waals surface area contributed by atoms with Crippen molar-refractivity contribution < 1.29 is 5.11 Å². The molecule has 1 aliphatic rings. The lowest BCUT2D eigenvalue weighted by atomic mass is 10.3. The van der Waals surface area contributed by atoms with Crippen LogP contribution in [0.2, 0.25) is 0 Å². The summed E-state index contributed by atoms with van der Waals surface area (Å²) in [6, 6.07) is 0.271. The van der Waals surface area contributed by atoms with Gasteiger partial charge in [0.15, 0.2) is 0 Å². The van der Waals surface area contributed by atoms with E-state index in [1.54, 1.807) is 0 Å². The quantitative estimate of drug-likeness (QED) is 0.604. The Morgan fingerprint density at radius 1 is 1.70 bits per heavy atom. The Morgan fingerprint density at radius 2 is 2.30 bits per heavy atom. The molecule has 0 saturated heterocycles. The Hall–Kier alpha value is -0.0800. The van der Waals surface area contributed by atoms with Crippen LogP contribution in [0.1, 0.15) is 20.3 Å². The number of nitrogens with one attached hydrogen (secondary N) is 1. The predicted octanol–water partition coefficient (Wildman–Crippen LogP) is 0.613. The maximum Gasteiger partial charge on any atom is 0.0581 e. The highest BCUT2D eigenvalue weighted by atomic mass is 16.3. The molecule has 1 rings (SSSR count). The molecular weight excluding hydrogens is 126 g/mol. The maximum atomic E-state index is 8.67. The summed E-state index contributed by atoms with van der Waals surface area (Å²) in [5.74, 6) is 1.80. The lowest BCUT2D eigenvalue weighted by Gasteiger charge is -2.08. The molecule has 0 amide bonds. The van der Waals surface area contributed by atoms with Crippen molar-refractivity contribution in [2.75, 3.05) is 13.2 Å². The molecule has 3 atom stereocenters. The van der Waals surface area contributed by atoms with Gasteiger partial charge in [-0.3, -0.25) is 0 Å². The van der Waals surface area contributed by atoms with Gasteiger partial charge in [-0.05, 0) is 31.7 Å². The molecule has 2 heteroatoms. The second kappa shape index (κ2) is 3.35. The molecule has 0 spiro atoms. The second-order valence-corrected chi connectivity index (χ2v) is 3.46. The number of aliphatic hydroxyl groups is 1. The summed E-state index contributed by atoms with van der Waals surface area (Å²) in [5, 5.41) is 11.9. The van der Waals surface area contributed by atoms with Crippen molar-refractivity contribution in [1.29, 1.82) is 0 Å². The first-order valence-corrected chi connectivity index (χ1v) is 4.08. The molecular formula is C8H17NO. The molecule has 1 saturated carbocycles. The van der Waals surface area contributed by atoms with E-state index in [1.165, 1.54) is 6.42 Å². The first-order chi connectivity index (χ1) is 4.74. The molecule has 0 radical (unpaired) electrons. The van der Waals surface area contributed by atoms with E-state index in [-0.39, 0.29) is 12.6 Å². The topological polar surface area (TPSA) is 32.3 Å². The van der Waals surface area contributed by atoms with Gasteiger partial charge in [-0.1, -0.05) is 6.92 Å². The summed E-state index contributed by atoms with van der Waals surface area (Å²) in [6.07, 6.45) is 1.37. The predicted molar refractivity (Wildman–Crippen MR) is 41.8 cm³/mol. The fourth-order valence-corrected chi connectivity index (χ4v) is 1.10. The van der Waals surface area contributed by atoms with Gasteiger partial charge in [-0.15, -0.1) is 0 Å². The third-order valence-electron chi connectivity index (χ3n) is 2.28. The highest BCUT2D eigenvalue weighted by Gasteiger charge is 2.31. The summed E-state index contributed by atoms with van der Waals surface area (Å²) >= 11 is 0. The summed E-state index contributed by atoms with van der Waals surface area (Å²) < 4.78 is 0. The molecule has 1 fully saturated rings. The van der Waals surface area contributed by atoms with Gasteiger partial charge in [0.25, 0.3) is 0 Å². The molecule has 0 heterocycles. The molecule has 0 aromatic rings. The maximum absolute atomic E-state index is 8.67. The van der Waals surface area contributed by atoms with E-state index in [2.05, 4.69) is 12.2 Å². The summed E-state index contributed by atoms with van der Waals surface area (Å²) in [4.78, 5) is 0. The molecule has 2 nitrogen and oxygen atoms in total. The van der Waals surface area contributed by atoms with Crippen LogP contribution in [0, 0.1) is 11.8 Å². The molecule has 3 unspecified atom stereocenters. The van der Waals surface area contributed by atoms with Gasteiger partial charge < -0.3 is 10.4 Å². The standard InChI is InChI=1S/C8H17NO/c1-6-3-8(6)4-9-7(2)5-10/h6-10H,3-5H2,1-2H3. The van der Waals surface area contributed by atoms with Crippen molar-refractivity contribution in [2.45, 2.75) is 26.3 Å². The zero-order chi connectivity index (χ0) is 7.56. The number of rotatable bonds is 4. The van der Waals surface area contributed by atoms with Crippen molar-refractivity contribution in [3.63, 3.8) is 0 Å². The Kier molecular flexibility index (Phi) is 2.69. The third kappa shape index (κ3) is 2.27. The van der Waals surface area contributed by atoms with E-state index < -0.39 is 0 Å². The van der Waals surface area contributed by atoms with Gasteiger partial charge in [-0.2, -0.15) is 0 Å². The SMILES string of the molecule is CC(CO)NCC1CC1C. The van der Waals surface area contributed by atoms with Gasteiger partial charge in [0.1, 0.15) is 0 Å². The van der Waals surface area contributed by atoms with Crippen LogP contribution in [0.4, 0.5) is 0 Å². The summed E-state index contributed by atoms with van der Waals surface area (Å²) in [6.45, 7) is 5.62. The molecule has 10 heavy (non-hydrogen) atoms. The van der Waals surface area contributed by atoms with E-state index in [4.69, 9.17) is 5.11 Å². The van der Waals surface area contributed by atoms with Gasteiger partial charge in [0, 0.05) is 6.04 Å². The summed E-state index contributed by atoms with van der Waals surface area (Å²) in [5.41, 5.74) is 0. The van der Waals surface area contributed by atoms with Crippen molar-refractivity contribution in [2.24, 2.45) is 11.8 Å². The zero-order valence-electron chi connectivity index (χ0n) is 6.80. The van der Waals surface area contributed by atoms with Crippen LogP contribution in [-0.4, -0.2) is 24.3 Å². The van der Waals surface area contributed by atoms with Gasteiger partial charge in [0.05, 0.1) is 6.61 Å². The van der Waals surface area contributed by atoms with Crippen LogP contribution in [0.5, 0.6) is 0 Å². The fraction of sp³-hybridized carbons (Fsp3) is 1.00. The molecule has 0 bridgehead atoms. The molecule has 60 valence electrons. The minimum absolute atomic E-state index is 0.251. The first kappa shape index (κ1) is 8.02. The van der Waals surface area contributed by atoms with Crippen molar-refractivity contribution >= 4 is 0 Å². The number of hydrogen-bond donors (Lipinski definition) is 2. The van der Waals surface area contributed by atoms with Crippen LogP contribution in [0.25, 0.3) is 0 Å². The first-order valence-electron chi connectivity index (χ1n) is 4.08. The van der Waals surface area contributed by atoms with Gasteiger partial charge >= 0.3 is 0 Å². The van der Waals surface area contributed by atoms with Gasteiger partial charge in [0.2, 0.25) is 0 Å². The minimum atomic E-state index is 0.251. The smallest absolute Gasteiger partial charge is 0.0581 e. The fourth-order valence-electron chi connectivity index (χ4n) is 1.10. The number of hydrogen-bond acceptors (Lipinski definition) is 2. The summed E-state index contributed by atoms with van der Waals surface area (Å²) in [7, 11) is 0. The van der Waals surface area contributed by atoms with E-state index in [0.29, 0.717) is 0 Å². The van der Waals surface area contributed by atoms with Crippen LogP contribution in [0.15, 0.2) is 0 Å². The van der Waals surface area contributed by atoms with Crippen LogP contribution in [-0.2, 0) is 0 Å². The van der Waals surface area contributed by atoms with E-state index in [1.807, 2.05) is 6.92 Å². The van der Waals surface area contributed by atoms with Crippen molar-refractivity contribution in [1.82, 2.24) is 5.32 Å². The van der Waals surface area contributed by atoms with E-state index in [0.717, 1.165) is 18.4 Å². The van der Waals surface area contributed by atoms with Crippen molar-refractivity contribution in [3.05, 3.63) is 0 Å². The van der Waals surface area contributed by atoms with Gasteiger partial charge in [-0.25, -0.2) is 0 Å². The molecule has 0 aromatic heterocycles. The molecule has 2 N–H and O–H groups in total. The van der Waals surface area contributed by atoms with Crippen LogP contribution >= 0.6 is 0 Å². The van der Waals surface area contributed by atoms with Crippen LogP contribution < -0.4 is 5.32 Å². The average Bonchev–Trinajstić information content (AvgIpc) is 2.61. The lowest BCUT2D eigenvalue weighted by molar-refractivity contribution is 0.250. The minimum Gasteiger partial charge on any atom is -0.395 e. The highest BCUT2D eigenvalue weighted by molar-refractivity contribution is 4.84. The monoisotopic (exact) mass is 143 g/mol.